The molecule has 0 spiro atoms. The summed E-state index contributed by atoms with van der Waals surface area (Å²) in [6.07, 6.45) is 0. The van der Waals surface area contributed by atoms with E-state index in [1.54, 1.807) is 29.6 Å². The van der Waals surface area contributed by atoms with E-state index in [-0.39, 0.29) is 12.3 Å². The van der Waals surface area contributed by atoms with Crippen LogP contribution in [0.15, 0.2) is 60.0 Å². The van der Waals surface area contributed by atoms with E-state index in [4.69, 9.17) is 4.74 Å². The minimum atomic E-state index is -0.476. The van der Waals surface area contributed by atoms with Gasteiger partial charge in [-0.05, 0) is 17.7 Å². The van der Waals surface area contributed by atoms with Crippen molar-refractivity contribution < 1.29 is 19.1 Å². The monoisotopic (exact) mass is 353 g/mol. The molecule has 0 aliphatic heterocycles. The lowest BCUT2D eigenvalue weighted by atomic mass is 10.1. The van der Waals surface area contributed by atoms with Gasteiger partial charge in [-0.1, -0.05) is 42.5 Å². The zero-order chi connectivity index (χ0) is 17.6. The molecule has 2 aromatic carbocycles. The number of rotatable bonds is 5. The summed E-state index contributed by atoms with van der Waals surface area (Å²) >= 11 is 1.40. The van der Waals surface area contributed by atoms with Gasteiger partial charge >= 0.3 is 11.9 Å². The second-order valence-electron chi connectivity index (χ2n) is 5.17. The molecule has 0 atom stereocenters. The molecule has 0 saturated heterocycles. The minimum absolute atomic E-state index is 0.110. The number of methoxy groups -OCH3 is 1. The fraction of sp³-hybridized carbons (Fsp3) is 0.105. The normalized spacial score (nSPS) is 10.3. The van der Waals surface area contributed by atoms with Crippen molar-refractivity contribution >= 4 is 23.3 Å². The Balaban J connectivity index is 1.61. The fourth-order valence-corrected chi connectivity index (χ4v) is 2.95. The van der Waals surface area contributed by atoms with Crippen molar-refractivity contribution in [3.8, 4) is 10.6 Å². The van der Waals surface area contributed by atoms with Gasteiger partial charge in [0.05, 0.1) is 12.7 Å². The molecule has 1 heterocycles. The molecule has 0 amide bonds. The van der Waals surface area contributed by atoms with Crippen molar-refractivity contribution in [2.24, 2.45) is 0 Å². The molecule has 0 N–H and O–H groups in total. The average molecular weight is 353 g/mol. The van der Waals surface area contributed by atoms with Gasteiger partial charge in [0, 0.05) is 10.9 Å². The van der Waals surface area contributed by atoms with Gasteiger partial charge in [-0.15, -0.1) is 11.3 Å². The zero-order valence-corrected chi connectivity index (χ0v) is 14.3. The third kappa shape index (κ3) is 4.10. The highest BCUT2D eigenvalue weighted by atomic mass is 32.1. The largest absolute Gasteiger partial charge is 0.465 e. The number of hydrogen-bond acceptors (Lipinski definition) is 6. The second-order valence-corrected chi connectivity index (χ2v) is 6.03. The van der Waals surface area contributed by atoms with E-state index >= 15 is 0 Å². The molecule has 1 aromatic heterocycles. The SMILES string of the molecule is COC(=O)c1ccc(COC(=O)c2csc(-c3ccccc3)n2)cc1. The van der Waals surface area contributed by atoms with Gasteiger partial charge in [-0.25, -0.2) is 14.6 Å². The van der Waals surface area contributed by atoms with E-state index in [2.05, 4.69) is 9.72 Å². The lowest BCUT2D eigenvalue weighted by Crippen LogP contribution is -2.06. The predicted octanol–water partition coefficient (Wildman–Crippen LogP) is 3.95. The summed E-state index contributed by atoms with van der Waals surface area (Å²) in [6.45, 7) is 0.110. The van der Waals surface area contributed by atoms with Crippen LogP contribution < -0.4 is 0 Å². The Morgan fingerprint density at radius 3 is 2.40 bits per heavy atom. The Kier molecular flexibility index (Phi) is 5.20. The third-order valence-corrected chi connectivity index (χ3v) is 4.37. The minimum Gasteiger partial charge on any atom is -0.465 e. The van der Waals surface area contributed by atoms with Crippen LogP contribution in [-0.2, 0) is 16.1 Å². The number of carbonyl (C=O) groups excluding carboxylic acids is 2. The smallest absolute Gasteiger partial charge is 0.358 e. The standard InChI is InChI=1S/C19H15NO4S/c1-23-18(21)15-9-7-13(8-10-15)11-24-19(22)16-12-25-17(20-16)14-5-3-2-4-6-14/h2-10,12H,11H2,1H3. The molecule has 126 valence electrons. The molecule has 0 fully saturated rings. The van der Waals surface area contributed by atoms with E-state index in [1.807, 2.05) is 30.3 Å². The quantitative estimate of drug-likeness (QED) is 0.650. The molecule has 0 aliphatic rings. The van der Waals surface area contributed by atoms with Crippen molar-refractivity contribution in [1.29, 1.82) is 0 Å². The summed E-state index contributed by atoms with van der Waals surface area (Å²) in [7, 11) is 1.33. The lowest BCUT2D eigenvalue weighted by Gasteiger charge is -2.04. The van der Waals surface area contributed by atoms with E-state index in [9.17, 15) is 9.59 Å². The maximum absolute atomic E-state index is 12.1. The first-order chi connectivity index (χ1) is 12.2. The van der Waals surface area contributed by atoms with Gasteiger partial charge < -0.3 is 9.47 Å². The number of aromatic nitrogens is 1. The molecular weight excluding hydrogens is 338 g/mol. The van der Waals surface area contributed by atoms with Crippen molar-refractivity contribution in [2.45, 2.75) is 6.61 Å². The molecule has 6 heteroatoms. The van der Waals surface area contributed by atoms with Crippen molar-refractivity contribution in [3.63, 3.8) is 0 Å². The highest BCUT2D eigenvalue weighted by molar-refractivity contribution is 7.13. The van der Waals surface area contributed by atoms with E-state index in [1.165, 1.54) is 18.4 Å². The van der Waals surface area contributed by atoms with Gasteiger partial charge in [0.15, 0.2) is 5.69 Å². The summed E-state index contributed by atoms with van der Waals surface area (Å²) in [4.78, 5) is 27.8. The maximum Gasteiger partial charge on any atom is 0.358 e. The number of hydrogen-bond donors (Lipinski definition) is 0. The van der Waals surface area contributed by atoms with E-state index < -0.39 is 11.9 Å². The van der Waals surface area contributed by atoms with Crippen molar-refractivity contribution in [3.05, 3.63) is 76.8 Å². The molecule has 0 unspecified atom stereocenters. The molecule has 0 bridgehead atoms. The highest BCUT2D eigenvalue weighted by Gasteiger charge is 2.13. The van der Waals surface area contributed by atoms with Gasteiger partial charge in [-0.3, -0.25) is 0 Å². The zero-order valence-electron chi connectivity index (χ0n) is 13.5. The Labute approximate surface area is 148 Å². The summed E-state index contributed by atoms with van der Waals surface area (Å²) in [5.74, 6) is -0.880. The topological polar surface area (TPSA) is 65.5 Å². The maximum atomic E-state index is 12.1. The van der Waals surface area contributed by atoms with Crippen LogP contribution in [-0.4, -0.2) is 24.0 Å². The van der Waals surface area contributed by atoms with Crippen molar-refractivity contribution in [1.82, 2.24) is 4.98 Å². The van der Waals surface area contributed by atoms with Crippen LogP contribution in [0.1, 0.15) is 26.4 Å². The molecule has 5 nitrogen and oxygen atoms in total. The first-order valence-corrected chi connectivity index (χ1v) is 8.40. The highest BCUT2D eigenvalue weighted by Crippen LogP contribution is 2.23. The van der Waals surface area contributed by atoms with Crippen LogP contribution in [0, 0.1) is 0 Å². The molecular formula is C19H15NO4S. The van der Waals surface area contributed by atoms with Crippen LogP contribution in [0.5, 0.6) is 0 Å². The Bertz CT molecular complexity index is 872. The number of thiazole rings is 1. The molecule has 25 heavy (non-hydrogen) atoms. The van der Waals surface area contributed by atoms with Gasteiger partial charge in [-0.2, -0.15) is 0 Å². The molecule has 0 radical (unpaired) electrons. The third-order valence-electron chi connectivity index (χ3n) is 3.48. The van der Waals surface area contributed by atoms with E-state index in [0.717, 1.165) is 16.1 Å². The van der Waals surface area contributed by atoms with Crippen LogP contribution in [0.25, 0.3) is 10.6 Å². The second kappa shape index (κ2) is 7.72. The summed E-state index contributed by atoms with van der Waals surface area (Å²) in [6, 6.07) is 16.4. The molecule has 3 rings (SSSR count). The van der Waals surface area contributed by atoms with Crippen LogP contribution in [0.2, 0.25) is 0 Å². The summed E-state index contributed by atoms with van der Waals surface area (Å²) in [5, 5.41) is 2.46. The summed E-state index contributed by atoms with van der Waals surface area (Å²) in [5.41, 5.74) is 2.48. The van der Waals surface area contributed by atoms with Gasteiger partial charge in [0.2, 0.25) is 0 Å². The molecule has 0 aliphatic carbocycles. The first kappa shape index (κ1) is 16.9. The molecule has 3 aromatic rings. The lowest BCUT2D eigenvalue weighted by molar-refractivity contribution is 0.0465. The summed E-state index contributed by atoms with van der Waals surface area (Å²) < 4.78 is 9.92. The van der Waals surface area contributed by atoms with Crippen LogP contribution in [0.3, 0.4) is 0 Å². The Morgan fingerprint density at radius 2 is 1.72 bits per heavy atom. The predicted molar refractivity (Wildman–Crippen MR) is 94.5 cm³/mol. The Hall–Kier alpha value is -2.99. The van der Waals surface area contributed by atoms with Gasteiger partial charge in [0.1, 0.15) is 11.6 Å². The number of carbonyl (C=O) groups is 2. The van der Waals surface area contributed by atoms with Crippen LogP contribution >= 0.6 is 11.3 Å². The Morgan fingerprint density at radius 1 is 1.00 bits per heavy atom. The number of esters is 2. The molecule has 0 saturated carbocycles. The number of ether oxygens (including phenoxy) is 2. The first-order valence-electron chi connectivity index (χ1n) is 7.52. The number of benzene rings is 2. The van der Waals surface area contributed by atoms with Gasteiger partial charge in [0.25, 0.3) is 0 Å². The average Bonchev–Trinajstić information content (AvgIpc) is 3.17. The number of nitrogens with zero attached hydrogens (tertiary/aromatic N) is 1. The van der Waals surface area contributed by atoms with Crippen LogP contribution in [0.4, 0.5) is 0 Å². The fourth-order valence-electron chi connectivity index (χ4n) is 2.16. The van der Waals surface area contributed by atoms with E-state index in [0.29, 0.717) is 5.56 Å². The van der Waals surface area contributed by atoms with Crippen molar-refractivity contribution in [2.75, 3.05) is 7.11 Å².